The van der Waals surface area contributed by atoms with Crippen molar-refractivity contribution in [3.8, 4) is 11.5 Å². The Balaban J connectivity index is 1.79. The first-order valence-electron chi connectivity index (χ1n) is 11.2. The van der Waals surface area contributed by atoms with Gasteiger partial charge < -0.3 is 14.7 Å². The van der Waals surface area contributed by atoms with Crippen molar-refractivity contribution in [3.05, 3.63) is 23.3 Å². The second-order valence-corrected chi connectivity index (χ2v) is 8.71. The molecule has 0 radical (unpaired) electrons. The minimum Gasteiger partial charge on any atom is -0.508 e. The molecule has 1 N–H and O–H groups in total. The highest BCUT2D eigenvalue weighted by Crippen LogP contribution is 2.49. The smallest absolute Gasteiger partial charge is 0.126 e. The Morgan fingerprint density at radius 1 is 1.25 bits per heavy atom. The Bertz CT molecular complexity index is 685. The Labute approximate surface area is 170 Å². The van der Waals surface area contributed by atoms with Gasteiger partial charge >= 0.3 is 0 Å². The van der Waals surface area contributed by atoms with Crippen LogP contribution in [-0.2, 0) is 4.84 Å². The van der Waals surface area contributed by atoms with Crippen LogP contribution in [0.3, 0.4) is 0 Å². The van der Waals surface area contributed by atoms with Gasteiger partial charge in [0, 0.05) is 17.4 Å². The Hall–Kier alpha value is -1.71. The number of aromatic hydroxyl groups is 1. The van der Waals surface area contributed by atoms with Crippen LogP contribution in [-0.4, -0.2) is 24.0 Å². The third-order valence-corrected chi connectivity index (χ3v) is 6.76. The van der Waals surface area contributed by atoms with E-state index in [-0.39, 0.29) is 5.92 Å². The van der Waals surface area contributed by atoms with Gasteiger partial charge in [-0.05, 0) is 55.7 Å². The lowest BCUT2D eigenvalue weighted by molar-refractivity contribution is 0.149. The van der Waals surface area contributed by atoms with E-state index in [1.165, 1.54) is 31.2 Å². The molecule has 0 amide bonds. The van der Waals surface area contributed by atoms with Crippen LogP contribution in [0.5, 0.6) is 11.5 Å². The van der Waals surface area contributed by atoms with E-state index in [0.717, 1.165) is 42.9 Å². The maximum absolute atomic E-state index is 10.9. The maximum atomic E-state index is 10.9. The highest BCUT2D eigenvalue weighted by Gasteiger charge is 2.37. The van der Waals surface area contributed by atoms with E-state index in [1.807, 2.05) is 13.0 Å². The van der Waals surface area contributed by atoms with E-state index in [9.17, 15) is 5.11 Å². The SMILES string of the molecule is CCCCCC(C)C(C)c1cc(O)c2c(c1)OC[C@@H]1CCC(=NOCC)C[C@@H]21. The van der Waals surface area contributed by atoms with E-state index < -0.39 is 0 Å². The first-order valence-corrected chi connectivity index (χ1v) is 11.2. The number of benzene rings is 1. The molecule has 3 rings (SSSR count). The molecule has 1 aromatic carbocycles. The summed E-state index contributed by atoms with van der Waals surface area (Å²) in [5.41, 5.74) is 3.28. The van der Waals surface area contributed by atoms with Crippen molar-refractivity contribution in [3.63, 3.8) is 0 Å². The van der Waals surface area contributed by atoms with Gasteiger partial charge in [0.05, 0.1) is 12.3 Å². The van der Waals surface area contributed by atoms with Crippen LogP contribution in [0.4, 0.5) is 0 Å². The highest BCUT2D eigenvalue weighted by molar-refractivity contribution is 5.86. The zero-order chi connectivity index (χ0) is 20.1. The molecule has 4 heteroatoms. The summed E-state index contributed by atoms with van der Waals surface area (Å²) in [6.07, 6.45) is 7.93. The molecule has 156 valence electrons. The quantitative estimate of drug-likeness (QED) is 0.416. The van der Waals surface area contributed by atoms with Crippen LogP contribution in [0.25, 0.3) is 0 Å². The Morgan fingerprint density at radius 2 is 2.07 bits per heavy atom. The number of oxime groups is 1. The van der Waals surface area contributed by atoms with E-state index >= 15 is 0 Å². The van der Waals surface area contributed by atoms with Gasteiger partial charge in [0.2, 0.25) is 0 Å². The summed E-state index contributed by atoms with van der Waals surface area (Å²) < 4.78 is 6.13. The number of ether oxygens (including phenoxy) is 1. The number of hydrogen-bond acceptors (Lipinski definition) is 4. The van der Waals surface area contributed by atoms with Gasteiger partial charge in [-0.25, -0.2) is 0 Å². The average molecular weight is 388 g/mol. The van der Waals surface area contributed by atoms with Crippen LogP contribution >= 0.6 is 0 Å². The van der Waals surface area contributed by atoms with Crippen molar-refractivity contribution in [2.45, 2.75) is 84.5 Å². The van der Waals surface area contributed by atoms with Crippen LogP contribution in [0, 0.1) is 11.8 Å². The standard InChI is InChI=1S/C24H37NO3/c1-5-7-8-9-16(3)17(4)19-12-22(26)24-21-14-20(25-28-6-2)11-10-18(21)15-27-23(24)13-19/h12-13,16-18,21,26H,5-11,14-15H2,1-4H3/t16?,17?,18-,21+/m0/s1. The maximum Gasteiger partial charge on any atom is 0.126 e. The molecule has 1 fully saturated rings. The predicted octanol–water partition coefficient (Wildman–Crippen LogP) is 6.38. The summed E-state index contributed by atoms with van der Waals surface area (Å²) in [6, 6.07) is 4.17. The Morgan fingerprint density at radius 3 is 2.82 bits per heavy atom. The molecule has 0 saturated heterocycles. The minimum absolute atomic E-state index is 0.281. The fraction of sp³-hybridized carbons (Fsp3) is 0.708. The third kappa shape index (κ3) is 4.64. The predicted molar refractivity (Wildman–Crippen MR) is 114 cm³/mol. The number of phenolic OH excluding ortho intramolecular Hbond substituents is 1. The average Bonchev–Trinajstić information content (AvgIpc) is 2.71. The first kappa shape index (κ1) is 21.0. The second kappa shape index (κ2) is 9.67. The molecule has 1 aromatic rings. The topological polar surface area (TPSA) is 51.0 Å². The molecule has 1 aliphatic heterocycles. The minimum atomic E-state index is 0.281. The molecule has 1 saturated carbocycles. The zero-order valence-electron chi connectivity index (χ0n) is 18.0. The van der Waals surface area contributed by atoms with Gasteiger partial charge in [-0.3, -0.25) is 0 Å². The van der Waals surface area contributed by atoms with Crippen molar-refractivity contribution < 1.29 is 14.7 Å². The molecule has 28 heavy (non-hydrogen) atoms. The van der Waals surface area contributed by atoms with Gasteiger partial charge in [-0.15, -0.1) is 0 Å². The summed E-state index contributed by atoms with van der Waals surface area (Å²) in [7, 11) is 0. The van der Waals surface area contributed by atoms with Crippen LogP contribution < -0.4 is 4.74 Å². The van der Waals surface area contributed by atoms with Gasteiger partial charge in [0.1, 0.15) is 18.1 Å². The molecule has 2 aliphatic rings. The van der Waals surface area contributed by atoms with Gasteiger partial charge in [-0.2, -0.15) is 0 Å². The molecule has 0 spiro atoms. The second-order valence-electron chi connectivity index (χ2n) is 8.71. The summed E-state index contributed by atoms with van der Waals surface area (Å²) in [5.74, 6) is 3.02. The van der Waals surface area contributed by atoms with Gasteiger partial charge in [0.15, 0.2) is 0 Å². The fourth-order valence-corrected chi connectivity index (χ4v) is 4.73. The molecular weight excluding hydrogens is 350 g/mol. The summed E-state index contributed by atoms with van der Waals surface area (Å²) in [6.45, 7) is 10.1. The van der Waals surface area contributed by atoms with Gasteiger partial charge in [-0.1, -0.05) is 51.6 Å². The van der Waals surface area contributed by atoms with Gasteiger partial charge in [0.25, 0.3) is 0 Å². The number of fused-ring (bicyclic) bond motifs is 3. The molecule has 0 aromatic heterocycles. The monoisotopic (exact) mass is 387 g/mol. The molecule has 4 atom stereocenters. The fourth-order valence-electron chi connectivity index (χ4n) is 4.73. The van der Waals surface area contributed by atoms with E-state index in [1.54, 1.807) is 0 Å². The number of rotatable bonds is 8. The first-order chi connectivity index (χ1) is 13.5. The summed E-state index contributed by atoms with van der Waals surface area (Å²) >= 11 is 0. The lowest BCUT2D eigenvalue weighted by Gasteiger charge is -2.38. The third-order valence-electron chi connectivity index (χ3n) is 6.76. The van der Waals surface area contributed by atoms with Crippen molar-refractivity contribution >= 4 is 5.71 Å². The van der Waals surface area contributed by atoms with E-state index in [2.05, 4.69) is 32.0 Å². The highest BCUT2D eigenvalue weighted by atomic mass is 16.6. The summed E-state index contributed by atoms with van der Waals surface area (Å²) in [4.78, 5) is 5.28. The molecule has 1 aliphatic carbocycles. The molecule has 0 bridgehead atoms. The van der Waals surface area contributed by atoms with Crippen molar-refractivity contribution in [1.29, 1.82) is 0 Å². The van der Waals surface area contributed by atoms with Crippen LogP contribution in [0.1, 0.15) is 95.6 Å². The number of phenols is 1. The lowest BCUT2D eigenvalue weighted by Crippen LogP contribution is -2.32. The van der Waals surface area contributed by atoms with Crippen LogP contribution in [0.15, 0.2) is 17.3 Å². The number of nitrogens with zero attached hydrogens (tertiary/aromatic N) is 1. The molecule has 4 nitrogen and oxygen atoms in total. The van der Waals surface area contributed by atoms with Crippen molar-refractivity contribution in [2.24, 2.45) is 17.0 Å². The van der Waals surface area contributed by atoms with E-state index in [0.29, 0.717) is 30.1 Å². The Kier molecular flexibility index (Phi) is 7.25. The van der Waals surface area contributed by atoms with Crippen molar-refractivity contribution in [1.82, 2.24) is 0 Å². The molecule has 1 heterocycles. The largest absolute Gasteiger partial charge is 0.508 e. The summed E-state index contributed by atoms with van der Waals surface area (Å²) in [5, 5.41) is 15.2. The molecule has 2 unspecified atom stereocenters. The number of unbranched alkanes of at least 4 members (excludes halogenated alkanes) is 2. The van der Waals surface area contributed by atoms with Crippen LogP contribution in [0.2, 0.25) is 0 Å². The van der Waals surface area contributed by atoms with E-state index in [4.69, 9.17) is 9.57 Å². The number of hydrogen-bond donors (Lipinski definition) is 1. The zero-order valence-corrected chi connectivity index (χ0v) is 18.0. The van der Waals surface area contributed by atoms with Crippen molar-refractivity contribution in [2.75, 3.05) is 13.2 Å². The lowest BCUT2D eigenvalue weighted by atomic mass is 9.72. The molecular formula is C24H37NO3. The normalized spacial score (nSPS) is 24.8.